The molecule has 3 amide bonds. The van der Waals surface area contributed by atoms with Crippen LogP contribution in [0.4, 0.5) is 4.39 Å². The van der Waals surface area contributed by atoms with Gasteiger partial charge in [0.25, 0.3) is 5.91 Å². The zero-order valence-electron chi connectivity index (χ0n) is 22.8. The Kier molecular flexibility index (Phi) is 6.62. The maximum Gasteiger partial charge on any atom is 0.255 e. The number of benzene rings is 2. The van der Waals surface area contributed by atoms with Crippen LogP contribution in [0.3, 0.4) is 0 Å². The molecule has 4 atom stereocenters. The third-order valence-electron chi connectivity index (χ3n) is 10.4. The minimum Gasteiger partial charge on any atom is -0.322 e. The molecule has 6 rings (SSSR count). The highest BCUT2D eigenvalue weighted by Gasteiger charge is 2.61. The second-order valence-corrected chi connectivity index (χ2v) is 13.5. The van der Waals surface area contributed by atoms with E-state index in [4.69, 9.17) is 0 Å². The molecule has 39 heavy (non-hydrogen) atoms. The standard InChI is InChI=1S/C31H36FN3O3S/c1-30(2)20-11-12-31(30,3)26(14-20)33-15-18-7-8-19(23(32)13-18)17-39-25-6-4-5-21-22(25)16-35(29(21)38)24-9-10-27(36)34-28(24)37/h4-8,13,20,24,26,33H,9-12,14-17H2,1-3H3,(H,34,36,37)/t20-,24?,26+,31+/m1/s1. The van der Waals surface area contributed by atoms with Crippen molar-refractivity contribution in [3.05, 3.63) is 64.5 Å². The Morgan fingerprint density at radius 3 is 2.64 bits per heavy atom. The fourth-order valence-corrected chi connectivity index (χ4v) is 8.49. The summed E-state index contributed by atoms with van der Waals surface area (Å²) in [6.45, 7) is 8.20. The lowest BCUT2D eigenvalue weighted by atomic mass is 9.69. The van der Waals surface area contributed by atoms with Crippen molar-refractivity contribution in [1.29, 1.82) is 0 Å². The molecule has 0 aromatic heterocycles. The summed E-state index contributed by atoms with van der Waals surface area (Å²) in [6, 6.07) is 10.9. The lowest BCUT2D eigenvalue weighted by molar-refractivity contribution is -0.136. The molecular formula is C31H36FN3O3S. The second-order valence-electron chi connectivity index (χ2n) is 12.4. The van der Waals surface area contributed by atoms with E-state index in [0.717, 1.165) is 21.9 Å². The number of hydrogen-bond acceptors (Lipinski definition) is 5. The zero-order chi connectivity index (χ0) is 27.5. The average Bonchev–Trinajstić information content (AvgIpc) is 3.42. The number of fused-ring (bicyclic) bond motifs is 3. The molecule has 206 valence electrons. The topological polar surface area (TPSA) is 78.5 Å². The normalized spacial score (nSPS) is 29.2. The van der Waals surface area contributed by atoms with Crippen molar-refractivity contribution < 1.29 is 18.8 Å². The number of piperidine rings is 1. The van der Waals surface area contributed by atoms with Gasteiger partial charge in [-0.2, -0.15) is 0 Å². The first kappa shape index (κ1) is 26.5. The Hall–Kier alpha value is -2.71. The maximum atomic E-state index is 15.1. The van der Waals surface area contributed by atoms with E-state index in [2.05, 4.69) is 31.4 Å². The summed E-state index contributed by atoms with van der Waals surface area (Å²) in [5.74, 6) is 0.0784. The minimum atomic E-state index is -0.646. The molecule has 0 radical (unpaired) electrons. The smallest absolute Gasteiger partial charge is 0.255 e. The van der Waals surface area contributed by atoms with Gasteiger partial charge < -0.3 is 10.2 Å². The van der Waals surface area contributed by atoms with E-state index in [-0.39, 0.29) is 29.5 Å². The highest BCUT2D eigenvalue weighted by molar-refractivity contribution is 7.98. The highest BCUT2D eigenvalue weighted by atomic mass is 32.2. The molecule has 0 spiro atoms. The highest BCUT2D eigenvalue weighted by Crippen LogP contribution is 2.65. The van der Waals surface area contributed by atoms with Crippen LogP contribution in [0.1, 0.15) is 79.9 Å². The van der Waals surface area contributed by atoms with Gasteiger partial charge in [-0.1, -0.05) is 39.0 Å². The van der Waals surface area contributed by atoms with Crippen molar-refractivity contribution in [2.75, 3.05) is 0 Å². The van der Waals surface area contributed by atoms with E-state index in [9.17, 15) is 14.4 Å². The van der Waals surface area contributed by atoms with Gasteiger partial charge in [-0.25, -0.2) is 4.39 Å². The summed E-state index contributed by atoms with van der Waals surface area (Å²) in [6.07, 6.45) is 4.33. The van der Waals surface area contributed by atoms with Crippen LogP contribution in [-0.4, -0.2) is 34.7 Å². The van der Waals surface area contributed by atoms with Crippen molar-refractivity contribution in [2.45, 2.75) is 88.7 Å². The van der Waals surface area contributed by atoms with E-state index in [1.807, 2.05) is 24.3 Å². The van der Waals surface area contributed by atoms with Crippen LogP contribution in [0.15, 0.2) is 41.3 Å². The van der Waals surface area contributed by atoms with Crippen molar-refractivity contribution in [3.8, 4) is 0 Å². The van der Waals surface area contributed by atoms with E-state index in [1.165, 1.54) is 31.0 Å². The summed E-state index contributed by atoms with van der Waals surface area (Å²) in [7, 11) is 0. The summed E-state index contributed by atoms with van der Waals surface area (Å²) < 4.78 is 15.1. The minimum absolute atomic E-state index is 0.197. The monoisotopic (exact) mass is 549 g/mol. The number of imide groups is 1. The fourth-order valence-electron chi connectivity index (χ4n) is 7.42. The van der Waals surface area contributed by atoms with Crippen LogP contribution >= 0.6 is 11.8 Å². The van der Waals surface area contributed by atoms with Gasteiger partial charge in [0, 0.05) is 41.8 Å². The Balaban J connectivity index is 1.09. The average molecular weight is 550 g/mol. The van der Waals surface area contributed by atoms with Crippen LogP contribution < -0.4 is 10.6 Å². The SMILES string of the molecule is CC1(C)[C@@H]2CC[C@@]1(C)[C@@H](NCc1ccc(CSc3cccc4c3CN(C3CCC(=O)NC3=O)C4=O)c(F)c1)C2. The molecule has 2 aliphatic carbocycles. The quantitative estimate of drug-likeness (QED) is 0.368. The molecule has 3 fully saturated rings. The molecule has 6 nitrogen and oxygen atoms in total. The van der Waals surface area contributed by atoms with Gasteiger partial charge in [-0.3, -0.25) is 19.7 Å². The predicted octanol–water partition coefficient (Wildman–Crippen LogP) is 5.18. The molecule has 2 aromatic rings. The maximum absolute atomic E-state index is 15.1. The van der Waals surface area contributed by atoms with Gasteiger partial charge in [0.05, 0.1) is 0 Å². The van der Waals surface area contributed by atoms with Crippen LogP contribution in [0.2, 0.25) is 0 Å². The Morgan fingerprint density at radius 1 is 1.13 bits per heavy atom. The number of carbonyl (C=O) groups excluding carboxylic acids is 3. The van der Waals surface area contributed by atoms with Crippen molar-refractivity contribution in [2.24, 2.45) is 16.7 Å². The fraction of sp³-hybridized carbons (Fsp3) is 0.516. The molecule has 4 aliphatic rings. The van der Waals surface area contributed by atoms with E-state index in [0.29, 0.717) is 47.8 Å². The number of amides is 3. The molecule has 2 aromatic carbocycles. The molecule has 1 saturated heterocycles. The summed E-state index contributed by atoms with van der Waals surface area (Å²) >= 11 is 1.50. The van der Waals surface area contributed by atoms with Gasteiger partial charge in [0.15, 0.2) is 0 Å². The predicted molar refractivity (Wildman–Crippen MR) is 148 cm³/mol. The molecular weight excluding hydrogens is 513 g/mol. The summed E-state index contributed by atoms with van der Waals surface area (Å²) in [5.41, 5.74) is 3.65. The number of thioether (sulfide) groups is 1. The second kappa shape index (κ2) is 9.73. The summed E-state index contributed by atoms with van der Waals surface area (Å²) in [4.78, 5) is 39.5. The van der Waals surface area contributed by atoms with Gasteiger partial charge in [-0.05, 0) is 77.3 Å². The van der Waals surface area contributed by atoms with Crippen LogP contribution in [0.5, 0.6) is 0 Å². The lowest BCUT2D eigenvalue weighted by Crippen LogP contribution is -2.52. The van der Waals surface area contributed by atoms with Gasteiger partial charge >= 0.3 is 0 Å². The number of nitrogens with zero attached hydrogens (tertiary/aromatic N) is 1. The largest absolute Gasteiger partial charge is 0.322 e. The third-order valence-corrected chi connectivity index (χ3v) is 11.5. The van der Waals surface area contributed by atoms with Crippen LogP contribution in [-0.2, 0) is 28.4 Å². The molecule has 2 bridgehead atoms. The van der Waals surface area contributed by atoms with E-state index in [1.54, 1.807) is 17.0 Å². The number of nitrogens with one attached hydrogen (secondary N) is 2. The first-order chi connectivity index (χ1) is 18.6. The Labute approximate surface area is 233 Å². The van der Waals surface area contributed by atoms with Crippen LogP contribution in [0, 0.1) is 22.6 Å². The van der Waals surface area contributed by atoms with Crippen molar-refractivity contribution in [3.63, 3.8) is 0 Å². The number of hydrogen-bond donors (Lipinski definition) is 2. The van der Waals surface area contributed by atoms with E-state index >= 15 is 4.39 Å². The molecule has 2 heterocycles. The molecule has 1 unspecified atom stereocenters. The molecule has 2 aliphatic heterocycles. The van der Waals surface area contributed by atoms with Crippen molar-refractivity contribution >= 4 is 29.5 Å². The molecule has 2 saturated carbocycles. The number of carbonyl (C=O) groups is 3. The van der Waals surface area contributed by atoms with Crippen molar-refractivity contribution in [1.82, 2.24) is 15.5 Å². The van der Waals surface area contributed by atoms with Gasteiger partial charge in [0.1, 0.15) is 11.9 Å². The molecule has 2 N–H and O–H groups in total. The Morgan fingerprint density at radius 2 is 1.95 bits per heavy atom. The summed E-state index contributed by atoms with van der Waals surface area (Å²) in [5, 5.41) is 6.08. The number of rotatable bonds is 7. The van der Waals surface area contributed by atoms with Gasteiger partial charge in [-0.15, -0.1) is 11.8 Å². The van der Waals surface area contributed by atoms with Gasteiger partial charge in [0.2, 0.25) is 11.8 Å². The molecule has 8 heteroatoms. The first-order valence-corrected chi connectivity index (χ1v) is 15.0. The third kappa shape index (κ3) is 4.40. The first-order valence-electron chi connectivity index (χ1n) is 14.0. The van der Waals surface area contributed by atoms with Crippen LogP contribution in [0.25, 0.3) is 0 Å². The zero-order valence-corrected chi connectivity index (χ0v) is 23.6. The van der Waals surface area contributed by atoms with E-state index < -0.39 is 11.9 Å². The number of halogens is 1. The lowest BCUT2D eigenvalue weighted by Gasteiger charge is -2.39. The Bertz CT molecular complexity index is 1360.